The highest BCUT2D eigenvalue weighted by molar-refractivity contribution is 5.38. The van der Waals surface area contributed by atoms with E-state index in [2.05, 4.69) is 20.8 Å². The standard InChI is InChI=1S/C15H22F3NO/c1-10-9-11(14(2,3)4)5-6-12(10)20-13(7-8-19)15(16,17)18/h5-6,9,13H,7-8,19H2,1-4H3. The molecular formula is C15H22F3NO. The highest BCUT2D eigenvalue weighted by Gasteiger charge is 2.41. The number of nitrogens with two attached hydrogens (primary N) is 1. The van der Waals surface area contributed by atoms with Gasteiger partial charge in [0.15, 0.2) is 6.10 Å². The van der Waals surface area contributed by atoms with Crippen LogP contribution in [0.3, 0.4) is 0 Å². The van der Waals surface area contributed by atoms with Crippen LogP contribution in [0.2, 0.25) is 0 Å². The van der Waals surface area contributed by atoms with Gasteiger partial charge in [-0.2, -0.15) is 13.2 Å². The Hall–Kier alpha value is -1.23. The smallest absolute Gasteiger partial charge is 0.425 e. The highest BCUT2D eigenvalue weighted by Crippen LogP contribution is 2.31. The maximum absolute atomic E-state index is 12.8. The number of rotatable bonds is 4. The second-order valence-electron chi connectivity index (χ2n) is 5.96. The third-order valence-electron chi connectivity index (χ3n) is 3.10. The van der Waals surface area contributed by atoms with Crippen LogP contribution in [-0.2, 0) is 5.41 Å². The Balaban J connectivity index is 2.98. The van der Waals surface area contributed by atoms with Crippen molar-refractivity contribution < 1.29 is 17.9 Å². The van der Waals surface area contributed by atoms with Crippen molar-refractivity contribution in [3.63, 3.8) is 0 Å². The molecule has 1 aromatic carbocycles. The molecular weight excluding hydrogens is 267 g/mol. The Bertz CT molecular complexity index is 449. The van der Waals surface area contributed by atoms with Crippen LogP contribution in [0.4, 0.5) is 13.2 Å². The van der Waals surface area contributed by atoms with Crippen LogP contribution in [0.1, 0.15) is 38.3 Å². The quantitative estimate of drug-likeness (QED) is 0.911. The van der Waals surface area contributed by atoms with Gasteiger partial charge in [-0.3, -0.25) is 0 Å². The zero-order valence-electron chi connectivity index (χ0n) is 12.3. The van der Waals surface area contributed by atoms with Crippen molar-refractivity contribution in [3.8, 4) is 5.75 Å². The summed E-state index contributed by atoms with van der Waals surface area (Å²) < 4.78 is 43.6. The van der Waals surface area contributed by atoms with Crippen molar-refractivity contribution in [1.82, 2.24) is 0 Å². The summed E-state index contributed by atoms with van der Waals surface area (Å²) >= 11 is 0. The second-order valence-corrected chi connectivity index (χ2v) is 5.96. The molecule has 0 aromatic heterocycles. The molecule has 1 rings (SSSR count). The predicted molar refractivity (Wildman–Crippen MR) is 74.0 cm³/mol. The van der Waals surface area contributed by atoms with Gasteiger partial charge in [0.2, 0.25) is 0 Å². The molecule has 1 unspecified atom stereocenters. The van der Waals surface area contributed by atoms with Crippen LogP contribution in [0.5, 0.6) is 5.75 Å². The van der Waals surface area contributed by atoms with E-state index in [9.17, 15) is 13.2 Å². The number of aryl methyl sites for hydroxylation is 1. The van der Waals surface area contributed by atoms with E-state index in [1.807, 2.05) is 6.07 Å². The maximum atomic E-state index is 12.8. The molecule has 0 spiro atoms. The van der Waals surface area contributed by atoms with Crippen molar-refractivity contribution >= 4 is 0 Å². The van der Waals surface area contributed by atoms with Crippen molar-refractivity contribution in [1.29, 1.82) is 0 Å². The summed E-state index contributed by atoms with van der Waals surface area (Å²) in [4.78, 5) is 0. The molecule has 20 heavy (non-hydrogen) atoms. The lowest BCUT2D eigenvalue weighted by atomic mass is 9.86. The number of hydrogen-bond acceptors (Lipinski definition) is 2. The highest BCUT2D eigenvalue weighted by atomic mass is 19.4. The first kappa shape index (κ1) is 16.8. The van der Waals surface area contributed by atoms with Gasteiger partial charge in [-0.25, -0.2) is 0 Å². The second kappa shape index (κ2) is 6.04. The number of benzene rings is 1. The summed E-state index contributed by atoms with van der Waals surface area (Å²) in [5, 5.41) is 0. The van der Waals surface area contributed by atoms with Crippen LogP contribution >= 0.6 is 0 Å². The van der Waals surface area contributed by atoms with Crippen LogP contribution < -0.4 is 10.5 Å². The van der Waals surface area contributed by atoms with Gasteiger partial charge in [0.25, 0.3) is 0 Å². The van der Waals surface area contributed by atoms with E-state index in [1.165, 1.54) is 0 Å². The molecule has 0 heterocycles. The van der Waals surface area contributed by atoms with Crippen molar-refractivity contribution in [3.05, 3.63) is 29.3 Å². The van der Waals surface area contributed by atoms with Gasteiger partial charge in [-0.15, -0.1) is 0 Å². The van der Waals surface area contributed by atoms with Gasteiger partial charge in [0.05, 0.1) is 0 Å². The molecule has 0 aliphatic rings. The minimum Gasteiger partial charge on any atom is -0.481 e. The van der Waals surface area contributed by atoms with Crippen molar-refractivity contribution in [2.75, 3.05) is 6.54 Å². The van der Waals surface area contributed by atoms with Gasteiger partial charge < -0.3 is 10.5 Å². The minimum absolute atomic E-state index is 0.0516. The van der Waals surface area contributed by atoms with Gasteiger partial charge in [0.1, 0.15) is 5.75 Å². The maximum Gasteiger partial charge on any atom is 0.425 e. The van der Waals surface area contributed by atoms with E-state index >= 15 is 0 Å². The van der Waals surface area contributed by atoms with Crippen LogP contribution in [0, 0.1) is 6.92 Å². The first-order chi connectivity index (χ1) is 9.05. The van der Waals surface area contributed by atoms with E-state index in [1.54, 1.807) is 19.1 Å². The first-order valence-corrected chi connectivity index (χ1v) is 6.60. The average Bonchev–Trinajstić information content (AvgIpc) is 2.28. The van der Waals surface area contributed by atoms with E-state index in [-0.39, 0.29) is 24.1 Å². The summed E-state index contributed by atoms with van der Waals surface area (Å²) in [6.45, 7) is 7.84. The summed E-state index contributed by atoms with van der Waals surface area (Å²) in [5.74, 6) is 0.258. The Kier molecular flexibility index (Phi) is 5.08. The van der Waals surface area contributed by atoms with Gasteiger partial charge in [0, 0.05) is 6.42 Å². The minimum atomic E-state index is -4.41. The molecule has 0 saturated carbocycles. The lowest BCUT2D eigenvalue weighted by Crippen LogP contribution is -2.36. The van der Waals surface area contributed by atoms with Crippen molar-refractivity contribution in [2.24, 2.45) is 5.73 Å². The Morgan fingerprint density at radius 3 is 2.20 bits per heavy atom. The number of hydrogen-bond donors (Lipinski definition) is 1. The summed E-state index contributed by atoms with van der Waals surface area (Å²) in [6, 6.07) is 5.27. The molecule has 0 fully saturated rings. The van der Waals surface area contributed by atoms with Crippen LogP contribution in [0.15, 0.2) is 18.2 Å². The number of alkyl halides is 3. The molecule has 2 N–H and O–H groups in total. The lowest BCUT2D eigenvalue weighted by molar-refractivity contribution is -0.196. The SMILES string of the molecule is Cc1cc(C(C)(C)C)ccc1OC(CCN)C(F)(F)F. The fourth-order valence-corrected chi connectivity index (χ4v) is 1.84. The molecule has 0 aliphatic heterocycles. The first-order valence-electron chi connectivity index (χ1n) is 6.60. The van der Waals surface area contributed by atoms with Gasteiger partial charge in [-0.05, 0) is 36.1 Å². The molecule has 0 aliphatic carbocycles. The third-order valence-corrected chi connectivity index (χ3v) is 3.10. The Morgan fingerprint density at radius 2 is 1.80 bits per heavy atom. The normalized spacial score (nSPS) is 14.2. The van der Waals surface area contributed by atoms with E-state index in [0.29, 0.717) is 5.56 Å². The molecule has 0 amide bonds. The Morgan fingerprint density at radius 1 is 1.20 bits per heavy atom. The molecule has 0 bridgehead atoms. The van der Waals surface area contributed by atoms with Crippen LogP contribution in [0.25, 0.3) is 0 Å². The molecule has 1 aromatic rings. The molecule has 5 heteroatoms. The average molecular weight is 289 g/mol. The molecule has 2 nitrogen and oxygen atoms in total. The predicted octanol–water partition coefficient (Wildman–Crippen LogP) is 3.95. The fourth-order valence-electron chi connectivity index (χ4n) is 1.84. The van der Waals surface area contributed by atoms with E-state index in [4.69, 9.17) is 10.5 Å². The zero-order valence-corrected chi connectivity index (χ0v) is 12.3. The third kappa shape index (κ3) is 4.40. The Labute approximate surface area is 118 Å². The van der Waals surface area contributed by atoms with Gasteiger partial charge >= 0.3 is 6.18 Å². The number of halogens is 3. The largest absolute Gasteiger partial charge is 0.481 e. The van der Waals surface area contributed by atoms with Gasteiger partial charge in [-0.1, -0.05) is 32.9 Å². The fraction of sp³-hybridized carbons (Fsp3) is 0.600. The molecule has 0 radical (unpaired) electrons. The molecule has 114 valence electrons. The molecule has 0 saturated heterocycles. The summed E-state index contributed by atoms with van der Waals surface area (Å²) in [5.41, 5.74) is 6.93. The summed E-state index contributed by atoms with van der Waals surface area (Å²) in [7, 11) is 0. The summed E-state index contributed by atoms with van der Waals surface area (Å²) in [6.07, 6.45) is -6.51. The lowest BCUT2D eigenvalue weighted by Gasteiger charge is -2.24. The molecule has 1 atom stereocenters. The topological polar surface area (TPSA) is 35.2 Å². The zero-order chi connectivity index (χ0) is 15.6. The number of ether oxygens (including phenoxy) is 1. The van der Waals surface area contributed by atoms with E-state index in [0.717, 1.165) is 5.56 Å². The van der Waals surface area contributed by atoms with E-state index < -0.39 is 12.3 Å². The monoisotopic (exact) mass is 289 g/mol. The van der Waals surface area contributed by atoms with Crippen molar-refractivity contribution in [2.45, 2.75) is 51.8 Å². The van der Waals surface area contributed by atoms with Crippen LogP contribution in [-0.4, -0.2) is 18.8 Å².